The lowest BCUT2D eigenvalue weighted by Crippen LogP contribution is -2.31. The van der Waals surface area contributed by atoms with Crippen LogP contribution >= 0.6 is 0 Å². The summed E-state index contributed by atoms with van der Waals surface area (Å²) in [4.78, 5) is 26.2. The first kappa shape index (κ1) is 13.6. The normalized spacial score (nSPS) is 26.4. The topological polar surface area (TPSA) is 93.5 Å². The van der Waals surface area contributed by atoms with Crippen molar-refractivity contribution in [2.24, 2.45) is 0 Å². The molecule has 2 heterocycles. The summed E-state index contributed by atoms with van der Waals surface area (Å²) in [7, 11) is 0. The maximum Gasteiger partial charge on any atom is 0.351 e. The lowest BCUT2D eigenvalue weighted by atomic mass is 10.2. The molecule has 0 unspecified atom stereocenters. The van der Waals surface area contributed by atoms with Crippen molar-refractivity contribution in [3.05, 3.63) is 22.7 Å². The van der Waals surface area contributed by atoms with Crippen molar-refractivity contribution >= 4 is 11.7 Å². The number of ether oxygens (including phenoxy) is 1. The monoisotopic (exact) mass is 271 g/mol. The number of amides is 1. The molecule has 0 saturated carbocycles. The third-order valence-corrected chi connectivity index (χ3v) is 2.74. The van der Waals surface area contributed by atoms with E-state index in [-0.39, 0.29) is 24.8 Å². The summed E-state index contributed by atoms with van der Waals surface area (Å²) in [6.07, 6.45) is -1.77. The van der Waals surface area contributed by atoms with Crippen molar-refractivity contribution in [1.29, 1.82) is 0 Å². The molecule has 1 aromatic heterocycles. The molecule has 7 nitrogen and oxygen atoms in total. The number of anilines is 1. The van der Waals surface area contributed by atoms with Crippen LogP contribution in [0.15, 0.2) is 17.1 Å². The molecule has 1 aliphatic rings. The van der Waals surface area contributed by atoms with Crippen molar-refractivity contribution < 1.29 is 19.0 Å². The van der Waals surface area contributed by atoms with Crippen molar-refractivity contribution in [2.75, 3.05) is 11.9 Å². The molecule has 0 aromatic carbocycles. The van der Waals surface area contributed by atoms with Crippen molar-refractivity contribution in [1.82, 2.24) is 9.55 Å². The molecule has 0 aliphatic carbocycles. The fourth-order valence-corrected chi connectivity index (χ4v) is 1.92. The van der Waals surface area contributed by atoms with E-state index in [1.165, 1.54) is 19.2 Å². The summed E-state index contributed by atoms with van der Waals surface area (Å²) in [5.41, 5.74) is -0.725. The Hall–Kier alpha value is -1.80. The first-order valence-electron chi connectivity index (χ1n) is 5.78. The van der Waals surface area contributed by atoms with Crippen LogP contribution < -0.4 is 11.0 Å². The molecule has 2 rings (SSSR count). The van der Waals surface area contributed by atoms with E-state index in [4.69, 9.17) is 9.84 Å². The number of aliphatic hydroxyl groups excluding tert-OH is 1. The van der Waals surface area contributed by atoms with Crippen molar-refractivity contribution in [2.45, 2.75) is 31.8 Å². The predicted octanol–water partition coefficient (Wildman–Crippen LogP) is -0.180. The van der Waals surface area contributed by atoms with Gasteiger partial charge in [0.2, 0.25) is 5.91 Å². The lowest BCUT2D eigenvalue weighted by molar-refractivity contribution is -0.114. The summed E-state index contributed by atoms with van der Waals surface area (Å²) in [6, 6.07) is 1.38. The van der Waals surface area contributed by atoms with E-state index in [9.17, 15) is 14.0 Å². The van der Waals surface area contributed by atoms with Crippen LogP contribution in [0.3, 0.4) is 0 Å². The van der Waals surface area contributed by atoms with Crippen LogP contribution in [-0.4, -0.2) is 39.4 Å². The van der Waals surface area contributed by atoms with Gasteiger partial charge < -0.3 is 15.2 Å². The van der Waals surface area contributed by atoms with Crippen molar-refractivity contribution in [3.63, 3.8) is 0 Å². The fourth-order valence-electron chi connectivity index (χ4n) is 1.92. The van der Waals surface area contributed by atoms with Gasteiger partial charge in [0, 0.05) is 19.5 Å². The second-order valence-corrected chi connectivity index (χ2v) is 4.27. The Labute approximate surface area is 108 Å². The van der Waals surface area contributed by atoms with Gasteiger partial charge in [-0.2, -0.15) is 4.98 Å². The second-order valence-electron chi connectivity index (χ2n) is 4.27. The third-order valence-electron chi connectivity index (χ3n) is 2.74. The van der Waals surface area contributed by atoms with Gasteiger partial charge in [0.15, 0.2) is 6.23 Å². The molecule has 0 spiro atoms. The smallest absolute Gasteiger partial charge is 0.351 e. The molecule has 2 N–H and O–H groups in total. The summed E-state index contributed by atoms with van der Waals surface area (Å²) in [6.45, 7) is 0.986. The zero-order valence-corrected chi connectivity index (χ0v) is 10.2. The molecule has 104 valence electrons. The van der Waals surface area contributed by atoms with Gasteiger partial charge in [0.1, 0.15) is 12.0 Å². The Morgan fingerprint density at radius 3 is 3.00 bits per heavy atom. The number of alkyl halides is 1. The summed E-state index contributed by atoms with van der Waals surface area (Å²) in [5.74, 6) is -0.258. The fraction of sp³-hybridized carbons (Fsp3) is 0.545. The Morgan fingerprint density at radius 1 is 1.74 bits per heavy atom. The van der Waals surface area contributed by atoms with E-state index in [1.807, 2.05) is 0 Å². The van der Waals surface area contributed by atoms with Gasteiger partial charge >= 0.3 is 5.69 Å². The second kappa shape index (κ2) is 5.45. The predicted molar refractivity (Wildman–Crippen MR) is 63.3 cm³/mol. The van der Waals surface area contributed by atoms with Crippen molar-refractivity contribution in [3.8, 4) is 0 Å². The number of aromatic nitrogens is 2. The van der Waals surface area contributed by atoms with E-state index in [0.717, 1.165) is 4.57 Å². The Kier molecular flexibility index (Phi) is 3.91. The van der Waals surface area contributed by atoms with E-state index >= 15 is 0 Å². The minimum atomic E-state index is -1.39. The third kappa shape index (κ3) is 2.96. The molecule has 3 atom stereocenters. The standard InChI is InChI=1S/C11H14FN3O4/c1-6(17)13-9-2-3-15(11(18)14-9)10-8(12)4-7(5-16)19-10/h2-3,7-8,10,16H,4-5H2,1H3,(H,13,14,17,18)/t7-,8+,10-/m0/s1. The average molecular weight is 271 g/mol. The highest BCUT2D eigenvalue weighted by atomic mass is 19.1. The molecule has 1 fully saturated rings. The SMILES string of the molecule is CC(=O)Nc1ccn([C@H]2O[C@H](CO)C[C@H]2F)c(=O)n1. The first-order chi connectivity index (χ1) is 9.01. The quantitative estimate of drug-likeness (QED) is 0.795. The molecule has 0 radical (unpaired) electrons. The largest absolute Gasteiger partial charge is 0.394 e. The van der Waals surface area contributed by atoms with E-state index in [2.05, 4.69) is 10.3 Å². The van der Waals surface area contributed by atoms with Crippen LogP contribution in [0.25, 0.3) is 0 Å². The highest BCUT2D eigenvalue weighted by Crippen LogP contribution is 2.30. The van der Waals surface area contributed by atoms with Gasteiger partial charge in [0.05, 0.1) is 12.7 Å². The van der Waals surface area contributed by atoms with Gasteiger partial charge in [-0.05, 0) is 6.07 Å². The molecule has 8 heteroatoms. The Morgan fingerprint density at radius 2 is 2.47 bits per heavy atom. The number of nitrogens with zero attached hydrogens (tertiary/aromatic N) is 2. The number of aliphatic hydroxyl groups is 1. The van der Waals surface area contributed by atoms with Gasteiger partial charge in [-0.3, -0.25) is 9.36 Å². The number of rotatable bonds is 3. The van der Waals surface area contributed by atoms with Crippen LogP contribution in [0, 0.1) is 0 Å². The number of hydrogen-bond donors (Lipinski definition) is 2. The van der Waals surface area contributed by atoms with E-state index in [0.29, 0.717) is 0 Å². The highest BCUT2D eigenvalue weighted by Gasteiger charge is 2.36. The Balaban J connectivity index is 2.22. The number of nitrogens with one attached hydrogen (secondary N) is 1. The lowest BCUT2D eigenvalue weighted by Gasteiger charge is -2.16. The van der Waals surface area contributed by atoms with Crippen LogP contribution in [0.1, 0.15) is 19.6 Å². The molecule has 1 amide bonds. The maximum atomic E-state index is 13.7. The number of carbonyl (C=O) groups is 1. The highest BCUT2D eigenvalue weighted by molar-refractivity contribution is 5.87. The number of carbonyl (C=O) groups excluding carboxylic acids is 1. The van der Waals surface area contributed by atoms with Crippen LogP contribution in [0.2, 0.25) is 0 Å². The summed E-state index contributed by atoms with van der Waals surface area (Å²) < 4.78 is 19.9. The minimum absolute atomic E-state index is 0.0288. The van der Waals surface area contributed by atoms with E-state index < -0.39 is 24.2 Å². The van der Waals surface area contributed by atoms with Crippen LogP contribution in [0.4, 0.5) is 10.2 Å². The zero-order chi connectivity index (χ0) is 14.0. The number of hydrogen-bond acceptors (Lipinski definition) is 5. The summed E-state index contributed by atoms with van der Waals surface area (Å²) in [5, 5.41) is 11.3. The molecular formula is C11H14FN3O4. The van der Waals surface area contributed by atoms with Gasteiger partial charge in [-0.15, -0.1) is 0 Å². The van der Waals surface area contributed by atoms with Gasteiger partial charge in [0.25, 0.3) is 0 Å². The van der Waals surface area contributed by atoms with Gasteiger partial charge in [-0.1, -0.05) is 0 Å². The van der Waals surface area contributed by atoms with Crippen LogP contribution in [0.5, 0.6) is 0 Å². The van der Waals surface area contributed by atoms with Crippen LogP contribution in [-0.2, 0) is 9.53 Å². The van der Waals surface area contributed by atoms with E-state index in [1.54, 1.807) is 0 Å². The number of halogens is 1. The molecule has 19 heavy (non-hydrogen) atoms. The summed E-state index contributed by atoms with van der Waals surface area (Å²) >= 11 is 0. The maximum absolute atomic E-state index is 13.7. The minimum Gasteiger partial charge on any atom is -0.394 e. The molecular weight excluding hydrogens is 257 g/mol. The molecule has 1 aliphatic heterocycles. The average Bonchev–Trinajstić information content (AvgIpc) is 2.70. The van der Waals surface area contributed by atoms with Gasteiger partial charge in [-0.25, -0.2) is 9.18 Å². The first-order valence-corrected chi connectivity index (χ1v) is 5.78. The molecule has 1 aromatic rings. The molecule has 1 saturated heterocycles. The molecule has 0 bridgehead atoms. The zero-order valence-electron chi connectivity index (χ0n) is 10.2. The Bertz CT molecular complexity index is 533.